The van der Waals surface area contributed by atoms with Gasteiger partial charge in [0.25, 0.3) is 0 Å². The van der Waals surface area contributed by atoms with Crippen LogP contribution in [0.1, 0.15) is 13.8 Å². The molecule has 1 aromatic rings. The third-order valence-corrected chi connectivity index (χ3v) is 1.93. The van der Waals surface area contributed by atoms with Crippen LogP contribution in [0.5, 0.6) is 0 Å². The molecule has 0 saturated heterocycles. The highest BCUT2D eigenvalue weighted by Gasteiger charge is 2.20. The number of carbonyl (C=O) groups excluding carboxylic acids is 1. The smallest absolute Gasteiger partial charge is 0.460 e. The minimum atomic E-state index is -6.00. The molecule has 0 aromatic carbocycles. The molecule has 0 atom stereocenters. The monoisotopic (exact) mass is 314 g/mol. The van der Waals surface area contributed by atoms with Crippen LogP contribution in [0.3, 0.4) is 0 Å². The van der Waals surface area contributed by atoms with E-state index in [0.717, 1.165) is 0 Å². The van der Waals surface area contributed by atoms with Crippen molar-refractivity contribution in [2.24, 2.45) is 7.05 Å². The summed E-state index contributed by atoms with van der Waals surface area (Å²) in [5.74, 6) is -0.247. The van der Waals surface area contributed by atoms with Crippen molar-refractivity contribution >= 4 is 13.2 Å². The van der Waals surface area contributed by atoms with Gasteiger partial charge < -0.3 is 26.7 Å². The summed E-state index contributed by atoms with van der Waals surface area (Å²) < 4.78 is 52.9. The van der Waals surface area contributed by atoms with E-state index in [2.05, 4.69) is 0 Å². The van der Waals surface area contributed by atoms with Crippen LogP contribution in [-0.2, 0) is 27.9 Å². The van der Waals surface area contributed by atoms with Crippen LogP contribution in [0.2, 0.25) is 0 Å². The maximum absolute atomic E-state index is 11.4. The average Bonchev–Trinajstić information content (AvgIpc) is 2.67. The molecule has 0 saturated carbocycles. The Kier molecular flexibility index (Phi) is 8.67. The fraction of sp³-hybridized carbons (Fsp3) is 0.636. The van der Waals surface area contributed by atoms with E-state index in [0.29, 0.717) is 13.2 Å². The van der Waals surface area contributed by atoms with E-state index >= 15 is 0 Å². The zero-order valence-electron chi connectivity index (χ0n) is 12.1. The third kappa shape index (κ3) is 14.6. The Labute approximate surface area is 120 Å². The van der Waals surface area contributed by atoms with Crippen LogP contribution >= 0.6 is 0 Å². The molecular formula is C11H19BF4N2O3. The summed E-state index contributed by atoms with van der Waals surface area (Å²) in [7, 11) is -4.10. The van der Waals surface area contributed by atoms with Crippen molar-refractivity contribution < 1.29 is 36.1 Å². The lowest BCUT2D eigenvalue weighted by Gasteiger charge is -2.07. The second-order valence-corrected chi connectivity index (χ2v) is 4.39. The highest BCUT2D eigenvalue weighted by Crippen LogP contribution is 2.06. The second kappa shape index (κ2) is 9.38. The first kappa shape index (κ1) is 19.4. The molecule has 1 rings (SSSR count). The number of carbonyl (C=O) groups is 1. The predicted molar refractivity (Wildman–Crippen MR) is 67.8 cm³/mol. The van der Waals surface area contributed by atoms with E-state index < -0.39 is 7.25 Å². The summed E-state index contributed by atoms with van der Waals surface area (Å²) in [5, 5.41) is 0. The molecule has 1 aromatic heterocycles. The molecule has 0 amide bonds. The molecular weight excluding hydrogens is 295 g/mol. The van der Waals surface area contributed by atoms with Gasteiger partial charge in [-0.2, -0.15) is 0 Å². The topological polar surface area (TPSA) is 44.3 Å². The van der Waals surface area contributed by atoms with E-state index in [1.54, 1.807) is 4.57 Å². The molecule has 0 bridgehead atoms. The molecule has 0 aliphatic carbocycles. The van der Waals surface area contributed by atoms with Gasteiger partial charge in [-0.3, -0.25) is 0 Å². The molecule has 122 valence electrons. The van der Waals surface area contributed by atoms with E-state index in [-0.39, 0.29) is 18.6 Å². The number of hydrogen-bond acceptors (Lipinski definition) is 3. The zero-order valence-corrected chi connectivity index (χ0v) is 12.1. The summed E-state index contributed by atoms with van der Waals surface area (Å²) in [4.78, 5) is 11.4. The predicted octanol–water partition coefficient (Wildman–Crippen LogP) is 1.58. The SMILES string of the molecule is CC(C)OCCOC(=O)Cn1cc[n+](C)c1.F[B-](F)(F)F. The standard InChI is InChI=1S/C11H19N2O3.BF4/c1-10(2)15-6-7-16-11(14)8-13-5-4-12(3)9-13;2-1(3,4)5/h4-5,9-10H,6-8H2,1-3H3;/q+1;-1. The van der Waals surface area contributed by atoms with Crippen LogP contribution in [0.4, 0.5) is 17.3 Å². The lowest BCUT2D eigenvalue weighted by atomic mass is 10.3. The van der Waals surface area contributed by atoms with E-state index in [1.165, 1.54) is 0 Å². The number of ether oxygens (including phenoxy) is 2. The molecule has 1 heterocycles. The first-order valence-electron chi connectivity index (χ1n) is 6.23. The maximum Gasteiger partial charge on any atom is 0.673 e. The van der Waals surface area contributed by atoms with Crippen molar-refractivity contribution in [3.8, 4) is 0 Å². The first-order valence-corrected chi connectivity index (χ1v) is 6.23. The van der Waals surface area contributed by atoms with Crippen molar-refractivity contribution in [2.75, 3.05) is 13.2 Å². The first-order chi connectivity index (χ1) is 9.58. The molecule has 0 aliphatic rings. The van der Waals surface area contributed by atoms with Gasteiger partial charge in [0.05, 0.1) is 19.8 Å². The lowest BCUT2D eigenvalue weighted by molar-refractivity contribution is -0.671. The highest BCUT2D eigenvalue weighted by molar-refractivity contribution is 6.50. The molecule has 10 heteroatoms. The number of rotatable bonds is 6. The van der Waals surface area contributed by atoms with Crippen molar-refractivity contribution in [1.82, 2.24) is 4.57 Å². The Morgan fingerprint density at radius 3 is 2.29 bits per heavy atom. The van der Waals surface area contributed by atoms with Gasteiger partial charge >= 0.3 is 13.2 Å². The summed E-state index contributed by atoms with van der Waals surface area (Å²) >= 11 is 0. The largest absolute Gasteiger partial charge is 0.673 e. The van der Waals surface area contributed by atoms with Gasteiger partial charge in [-0.25, -0.2) is 13.9 Å². The fourth-order valence-corrected chi connectivity index (χ4v) is 1.23. The van der Waals surface area contributed by atoms with E-state index in [1.807, 2.05) is 44.2 Å². The second-order valence-electron chi connectivity index (χ2n) is 4.39. The van der Waals surface area contributed by atoms with E-state index in [4.69, 9.17) is 9.47 Å². The van der Waals surface area contributed by atoms with Gasteiger partial charge in [0, 0.05) is 0 Å². The molecule has 0 unspecified atom stereocenters. The average molecular weight is 314 g/mol. The van der Waals surface area contributed by atoms with Crippen molar-refractivity contribution in [1.29, 1.82) is 0 Å². The van der Waals surface area contributed by atoms with Crippen molar-refractivity contribution in [2.45, 2.75) is 26.5 Å². The van der Waals surface area contributed by atoms with Crippen LogP contribution in [0, 0.1) is 0 Å². The maximum atomic E-state index is 11.4. The van der Waals surface area contributed by atoms with Crippen LogP contribution in [0.15, 0.2) is 18.7 Å². The summed E-state index contributed by atoms with van der Waals surface area (Å²) in [5.41, 5.74) is 0. The normalized spacial score (nSPS) is 11.0. The van der Waals surface area contributed by atoms with Gasteiger partial charge in [-0.05, 0) is 13.8 Å². The fourth-order valence-electron chi connectivity index (χ4n) is 1.23. The number of nitrogens with zero attached hydrogens (tertiary/aromatic N) is 2. The van der Waals surface area contributed by atoms with Crippen molar-refractivity contribution in [3.63, 3.8) is 0 Å². The van der Waals surface area contributed by atoms with Crippen LogP contribution in [0.25, 0.3) is 0 Å². The number of esters is 1. The Balaban J connectivity index is 0.000000690. The molecule has 5 nitrogen and oxygen atoms in total. The molecule has 21 heavy (non-hydrogen) atoms. The van der Waals surface area contributed by atoms with Gasteiger partial charge in [-0.1, -0.05) is 0 Å². The highest BCUT2D eigenvalue weighted by atomic mass is 19.5. The number of halogens is 4. The van der Waals surface area contributed by atoms with Crippen molar-refractivity contribution in [3.05, 3.63) is 18.7 Å². The Hall–Kier alpha value is -1.58. The molecule has 0 aliphatic heterocycles. The Morgan fingerprint density at radius 2 is 1.86 bits per heavy atom. The lowest BCUT2D eigenvalue weighted by Crippen LogP contribution is -2.24. The van der Waals surface area contributed by atoms with Gasteiger partial charge in [-0.15, -0.1) is 0 Å². The van der Waals surface area contributed by atoms with Gasteiger partial charge in [0.1, 0.15) is 19.0 Å². The number of aromatic nitrogens is 2. The molecule has 0 fully saturated rings. The molecule has 0 radical (unpaired) electrons. The number of imidazole rings is 1. The summed E-state index contributed by atoms with van der Waals surface area (Å²) in [6.07, 6.45) is 5.69. The molecule has 0 spiro atoms. The zero-order chi connectivity index (χ0) is 16.5. The van der Waals surface area contributed by atoms with Gasteiger partial charge in [0.15, 0.2) is 6.54 Å². The third-order valence-electron chi connectivity index (χ3n) is 1.93. The van der Waals surface area contributed by atoms with Crippen LogP contribution in [-0.4, -0.2) is 37.1 Å². The van der Waals surface area contributed by atoms with Gasteiger partial charge in [0.2, 0.25) is 6.33 Å². The molecule has 0 N–H and O–H groups in total. The minimum Gasteiger partial charge on any atom is -0.460 e. The van der Waals surface area contributed by atoms with E-state index in [9.17, 15) is 22.1 Å². The van der Waals surface area contributed by atoms with Crippen LogP contribution < -0.4 is 4.57 Å². The summed E-state index contributed by atoms with van der Waals surface area (Å²) in [6.45, 7) is 4.89. The Morgan fingerprint density at radius 1 is 1.29 bits per heavy atom. The quantitative estimate of drug-likeness (QED) is 0.263. The summed E-state index contributed by atoms with van der Waals surface area (Å²) in [6, 6.07) is 0. The minimum absolute atomic E-state index is 0.169. The number of aryl methyl sites for hydroxylation is 1. The Bertz CT molecular complexity index is 418. The number of hydrogen-bond donors (Lipinski definition) is 0.